The molecule has 0 unspecified atom stereocenters. The minimum Gasteiger partial charge on any atom is -0.321 e. The second kappa shape index (κ2) is 8.27. The lowest BCUT2D eigenvalue weighted by Crippen LogP contribution is -3.16. The first-order valence-electron chi connectivity index (χ1n) is 9.43. The number of anilines is 1. The molecule has 2 N–H and O–H groups in total. The van der Waals surface area contributed by atoms with Gasteiger partial charge in [0.25, 0.3) is 11.7 Å². The van der Waals surface area contributed by atoms with Gasteiger partial charge in [-0.25, -0.2) is 9.37 Å². The Morgan fingerprint density at radius 1 is 1.15 bits per heavy atom. The number of nitrogens with zero attached hydrogens (tertiary/aromatic N) is 2. The molecule has 0 aliphatic carbocycles. The van der Waals surface area contributed by atoms with Crippen LogP contribution in [0.2, 0.25) is 0 Å². The zero-order valence-electron chi connectivity index (χ0n) is 15.2. The summed E-state index contributed by atoms with van der Waals surface area (Å²) in [6.45, 7) is 4.89. The standard InChI is InChI=1S/C20H23FN4OS/c21-17-6-2-1-5-16(17)20-25(13-14-27-20)19(26)15-23-9-11-24(12-10-23)18-7-3-4-8-22-18/h1-8,20H,9-15H2/p+2/t20-/m0/s1. The summed E-state index contributed by atoms with van der Waals surface area (Å²) in [4.78, 5) is 21.7. The van der Waals surface area contributed by atoms with E-state index in [9.17, 15) is 9.18 Å². The number of hydrogen-bond donors (Lipinski definition) is 1. The molecule has 2 aliphatic heterocycles. The van der Waals surface area contributed by atoms with Crippen LogP contribution < -0.4 is 14.8 Å². The van der Waals surface area contributed by atoms with Gasteiger partial charge in [-0.05, 0) is 12.1 Å². The highest BCUT2D eigenvalue weighted by molar-refractivity contribution is 7.99. The largest absolute Gasteiger partial charge is 0.321 e. The molecule has 0 bridgehead atoms. The van der Waals surface area contributed by atoms with Crippen molar-refractivity contribution in [2.45, 2.75) is 5.37 Å². The maximum Gasteiger partial charge on any atom is 0.278 e. The van der Waals surface area contributed by atoms with Gasteiger partial charge in [-0.3, -0.25) is 9.69 Å². The number of benzene rings is 1. The van der Waals surface area contributed by atoms with Crippen molar-refractivity contribution in [2.75, 3.05) is 49.9 Å². The Labute approximate surface area is 163 Å². The van der Waals surface area contributed by atoms with Gasteiger partial charge in [-0.1, -0.05) is 24.3 Å². The van der Waals surface area contributed by atoms with Crippen LogP contribution in [0.25, 0.3) is 0 Å². The fourth-order valence-corrected chi connectivity index (χ4v) is 5.09. The number of quaternary nitrogens is 1. The maximum atomic E-state index is 14.2. The minimum absolute atomic E-state index is 0.128. The number of aromatic amines is 1. The van der Waals surface area contributed by atoms with E-state index >= 15 is 0 Å². The fourth-order valence-electron chi connectivity index (χ4n) is 3.80. The Bertz CT molecular complexity index is 783. The maximum absolute atomic E-state index is 14.2. The van der Waals surface area contributed by atoms with Crippen LogP contribution in [0.4, 0.5) is 10.2 Å². The van der Waals surface area contributed by atoms with Crippen molar-refractivity contribution in [2.24, 2.45) is 0 Å². The van der Waals surface area contributed by atoms with Crippen molar-refractivity contribution in [3.05, 3.63) is 60.0 Å². The number of hydrogen-bond acceptors (Lipinski definition) is 3. The van der Waals surface area contributed by atoms with E-state index in [2.05, 4.69) is 16.0 Å². The van der Waals surface area contributed by atoms with E-state index in [1.807, 2.05) is 29.3 Å². The number of nitrogens with one attached hydrogen (secondary N) is 2. The van der Waals surface area contributed by atoms with Gasteiger partial charge in [-0.15, -0.1) is 11.8 Å². The molecule has 2 saturated heterocycles. The molecule has 4 rings (SSSR count). The minimum atomic E-state index is -0.227. The van der Waals surface area contributed by atoms with E-state index in [4.69, 9.17) is 0 Å². The van der Waals surface area contributed by atoms with E-state index in [0.717, 1.165) is 37.7 Å². The van der Waals surface area contributed by atoms with Crippen molar-refractivity contribution in [1.82, 2.24) is 4.90 Å². The molecule has 5 nitrogen and oxygen atoms in total. The van der Waals surface area contributed by atoms with Gasteiger partial charge in [0.15, 0.2) is 6.54 Å². The second-order valence-electron chi connectivity index (χ2n) is 6.99. The zero-order valence-corrected chi connectivity index (χ0v) is 16.1. The Hall–Kier alpha value is -2.12. The molecular formula is C20H25FN4OS+2. The number of piperazine rings is 1. The van der Waals surface area contributed by atoms with Gasteiger partial charge < -0.3 is 9.80 Å². The molecule has 27 heavy (non-hydrogen) atoms. The molecule has 0 radical (unpaired) electrons. The summed E-state index contributed by atoms with van der Waals surface area (Å²) in [5.74, 6) is 1.88. The number of rotatable bonds is 4. The molecule has 3 heterocycles. The summed E-state index contributed by atoms with van der Waals surface area (Å²) in [6, 6.07) is 12.9. The number of pyridine rings is 1. The van der Waals surface area contributed by atoms with E-state index < -0.39 is 0 Å². The molecule has 1 aromatic carbocycles. The van der Waals surface area contributed by atoms with Crippen LogP contribution in [0.15, 0.2) is 48.7 Å². The predicted molar refractivity (Wildman–Crippen MR) is 104 cm³/mol. The van der Waals surface area contributed by atoms with Gasteiger partial charge >= 0.3 is 0 Å². The van der Waals surface area contributed by atoms with Gasteiger partial charge in [0.2, 0.25) is 0 Å². The predicted octanol–water partition coefficient (Wildman–Crippen LogP) is 0.619. The third-order valence-corrected chi connectivity index (χ3v) is 6.53. The summed E-state index contributed by atoms with van der Waals surface area (Å²) in [7, 11) is 0. The molecule has 7 heteroatoms. The van der Waals surface area contributed by atoms with Crippen LogP contribution in [-0.2, 0) is 4.79 Å². The number of amides is 1. The Morgan fingerprint density at radius 2 is 1.93 bits per heavy atom. The zero-order chi connectivity index (χ0) is 18.6. The number of halogens is 1. The van der Waals surface area contributed by atoms with Crippen LogP contribution >= 0.6 is 11.8 Å². The van der Waals surface area contributed by atoms with E-state index in [1.165, 1.54) is 11.0 Å². The van der Waals surface area contributed by atoms with Crippen LogP contribution in [0.1, 0.15) is 10.9 Å². The highest BCUT2D eigenvalue weighted by Crippen LogP contribution is 2.38. The lowest BCUT2D eigenvalue weighted by Gasteiger charge is -2.30. The summed E-state index contributed by atoms with van der Waals surface area (Å²) in [6.07, 6.45) is 1.94. The Morgan fingerprint density at radius 3 is 2.67 bits per heavy atom. The Balaban J connectivity index is 1.35. The number of thioether (sulfide) groups is 1. The molecule has 0 saturated carbocycles. The van der Waals surface area contributed by atoms with E-state index in [0.29, 0.717) is 18.7 Å². The van der Waals surface area contributed by atoms with E-state index in [-0.39, 0.29) is 17.1 Å². The average Bonchev–Trinajstić information content (AvgIpc) is 3.19. The molecule has 2 aliphatic rings. The number of H-pyrrole nitrogens is 1. The van der Waals surface area contributed by atoms with Crippen molar-refractivity contribution in [3.63, 3.8) is 0 Å². The van der Waals surface area contributed by atoms with Crippen molar-refractivity contribution >= 4 is 23.5 Å². The molecule has 2 fully saturated rings. The molecule has 0 spiro atoms. The first-order chi connectivity index (χ1) is 13.2. The fraction of sp³-hybridized carbons (Fsp3) is 0.400. The smallest absolute Gasteiger partial charge is 0.278 e. The normalized spacial score (nSPS) is 20.9. The SMILES string of the molecule is O=C(C[NH+]1CCN(c2cccc[nH+]2)CC1)N1CCS[C@H]1c1ccccc1F. The number of carbonyl (C=O) groups excluding carboxylic acids is 1. The van der Waals surface area contributed by atoms with Gasteiger partial charge in [0.05, 0.1) is 6.20 Å². The van der Waals surface area contributed by atoms with Gasteiger partial charge in [-0.2, -0.15) is 0 Å². The molecule has 142 valence electrons. The monoisotopic (exact) mass is 388 g/mol. The van der Waals surface area contributed by atoms with Crippen molar-refractivity contribution in [1.29, 1.82) is 0 Å². The van der Waals surface area contributed by atoms with Crippen LogP contribution in [0.5, 0.6) is 0 Å². The summed E-state index contributed by atoms with van der Waals surface area (Å²) in [5, 5.41) is -0.196. The first-order valence-corrected chi connectivity index (χ1v) is 10.5. The lowest BCUT2D eigenvalue weighted by atomic mass is 10.2. The Kier molecular flexibility index (Phi) is 5.59. The molecule has 1 atom stereocenters. The topological polar surface area (TPSA) is 42.1 Å². The van der Waals surface area contributed by atoms with Crippen LogP contribution in [0.3, 0.4) is 0 Å². The van der Waals surface area contributed by atoms with Crippen molar-refractivity contribution in [3.8, 4) is 0 Å². The lowest BCUT2D eigenvalue weighted by molar-refractivity contribution is -0.892. The summed E-state index contributed by atoms with van der Waals surface area (Å²) < 4.78 is 14.2. The van der Waals surface area contributed by atoms with Gasteiger partial charge in [0.1, 0.15) is 37.4 Å². The van der Waals surface area contributed by atoms with E-state index in [1.54, 1.807) is 23.9 Å². The molecule has 2 aromatic rings. The summed E-state index contributed by atoms with van der Waals surface area (Å²) >= 11 is 1.65. The summed E-state index contributed by atoms with van der Waals surface area (Å²) in [5.41, 5.74) is 0.618. The second-order valence-corrected chi connectivity index (χ2v) is 8.18. The number of carbonyl (C=O) groups is 1. The van der Waals surface area contributed by atoms with Crippen molar-refractivity contribution < 1.29 is 19.1 Å². The highest BCUT2D eigenvalue weighted by atomic mass is 32.2. The molecule has 1 aromatic heterocycles. The average molecular weight is 389 g/mol. The first kappa shape index (κ1) is 18.3. The van der Waals surface area contributed by atoms with Crippen LogP contribution in [-0.4, -0.2) is 55.8 Å². The van der Waals surface area contributed by atoms with Crippen LogP contribution in [0, 0.1) is 5.82 Å². The quantitative estimate of drug-likeness (QED) is 0.835. The highest BCUT2D eigenvalue weighted by Gasteiger charge is 2.35. The molecular weight excluding hydrogens is 363 g/mol. The third-order valence-electron chi connectivity index (χ3n) is 5.29. The molecule has 1 amide bonds. The number of aromatic nitrogens is 1. The third kappa shape index (κ3) is 4.09. The van der Waals surface area contributed by atoms with Gasteiger partial charge in [0, 0.05) is 23.9 Å².